The van der Waals surface area contributed by atoms with Gasteiger partial charge < -0.3 is 20.3 Å². The van der Waals surface area contributed by atoms with Crippen molar-refractivity contribution in [1.29, 1.82) is 0 Å². The van der Waals surface area contributed by atoms with E-state index in [-0.39, 0.29) is 11.6 Å². The number of carbonyl (C=O) groups excluding carboxylic acids is 1. The van der Waals surface area contributed by atoms with Crippen LogP contribution in [0.15, 0.2) is 0 Å². The molecular formula is C18H37N3O2. The topological polar surface area (TPSA) is 53.6 Å². The van der Waals surface area contributed by atoms with Gasteiger partial charge >= 0.3 is 6.09 Å². The van der Waals surface area contributed by atoms with Crippen molar-refractivity contribution in [2.24, 2.45) is 0 Å². The van der Waals surface area contributed by atoms with E-state index >= 15 is 0 Å². The SMILES string of the molecule is CC(C)N1CCCC(NCC(C)(C)NC(=O)OC(C)(C)C)CC1. The van der Waals surface area contributed by atoms with Crippen LogP contribution in [0.2, 0.25) is 0 Å². The summed E-state index contributed by atoms with van der Waals surface area (Å²) >= 11 is 0. The van der Waals surface area contributed by atoms with Crippen LogP contribution in [0.5, 0.6) is 0 Å². The molecule has 0 saturated carbocycles. The Morgan fingerprint density at radius 1 is 1.17 bits per heavy atom. The Bertz CT molecular complexity index is 375. The number of amides is 1. The van der Waals surface area contributed by atoms with E-state index in [0.29, 0.717) is 12.1 Å². The molecule has 1 aliphatic heterocycles. The zero-order valence-corrected chi connectivity index (χ0v) is 16.2. The number of hydrogen-bond donors (Lipinski definition) is 2. The Hall–Kier alpha value is -0.810. The molecule has 0 aliphatic carbocycles. The van der Waals surface area contributed by atoms with Gasteiger partial charge in [-0.15, -0.1) is 0 Å². The van der Waals surface area contributed by atoms with Gasteiger partial charge in [0, 0.05) is 18.6 Å². The van der Waals surface area contributed by atoms with E-state index in [0.717, 1.165) is 13.1 Å². The highest BCUT2D eigenvalue weighted by molar-refractivity contribution is 5.68. The van der Waals surface area contributed by atoms with Crippen molar-refractivity contribution in [3.63, 3.8) is 0 Å². The summed E-state index contributed by atoms with van der Waals surface area (Å²) < 4.78 is 5.34. The van der Waals surface area contributed by atoms with Gasteiger partial charge in [-0.3, -0.25) is 0 Å². The van der Waals surface area contributed by atoms with Gasteiger partial charge in [0.2, 0.25) is 0 Å². The highest BCUT2D eigenvalue weighted by atomic mass is 16.6. The minimum absolute atomic E-state index is 0.327. The molecule has 0 bridgehead atoms. The first-order valence-corrected chi connectivity index (χ1v) is 8.97. The van der Waals surface area contributed by atoms with Gasteiger partial charge in [0.1, 0.15) is 5.60 Å². The van der Waals surface area contributed by atoms with E-state index in [1.54, 1.807) is 0 Å². The number of nitrogens with one attached hydrogen (secondary N) is 2. The molecule has 2 N–H and O–H groups in total. The maximum absolute atomic E-state index is 11.9. The number of ether oxygens (including phenoxy) is 1. The van der Waals surface area contributed by atoms with E-state index in [1.165, 1.54) is 25.8 Å². The molecule has 1 heterocycles. The number of nitrogens with zero attached hydrogens (tertiary/aromatic N) is 1. The molecule has 23 heavy (non-hydrogen) atoms. The van der Waals surface area contributed by atoms with Crippen molar-refractivity contribution in [3.8, 4) is 0 Å². The highest BCUT2D eigenvalue weighted by Crippen LogP contribution is 2.14. The van der Waals surface area contributed by atoms with Crippen LogP contribution in [0.25, 0.3) is 0 Å². The quantitative estimate of drug-likeness (QED) is 0.814. The van der Waals surface area contributed by atoms with Crippen molar-refractivity contribution in [3.05, 3.63) is 0 Å². The lowest BCUT2D eigenvalue weighted by molar-refractivity contribution is 0.0470. The first-order chi connectivity index (χ1) is 10.5. The molecule has 0 aromatic rings. The fourth-order valence-corrected chi connectivity index (χ4v) is 2.86. The van der Waals surface area contributed by atoms with E-state index in [2.05, 4.69) is 29.4 Å². The van der Waals surface area contributed by atoms with Crippen molar-refractivity contribution in [2.45, 2.75) is 91.0 Å². The standard InChI is InChI=1S/C18H37N3O2/c1-14(2)21-11-8-9-15(10-12-21)19-13-18(6,7)20-16(22)23-17(3,4)5/h14-15,19H,8-13H2,1-7H3,(H,20,22). The van der Waals surface area contributed by atoms with Crippen molar-refractivity contribution in [1.82, 2.24) is 15.5 Å². The Balaban J connectivity index is 2.39. The Morgan fingerprint density at radius 2 is 1.83 bits per heavy atom. The summed E-state index contributed by atoms with van der Waals surface area (Å²) in [4.78, 5) is 14.5. The van der Waals surface area contributed by atoms with Gasteiger partial charge in [-0.2, -0.15) is 0 Å². The van der Waals surface area contributed by atoms with Crippen LogP contribution >= 0.6 is 0 Å². The van der Waals surface area contributed by atoms with Crippen LogP contribution in [-0.2, 0) is 4.74 Å². The second-order valence-corrected chi connectivity index (χ2v) is 8.65. The number of carbonyl (C=O) groups is 1. The van der Waals surface area contributed by atoms with E-state index in [1.807, 2.05) is 34.6 Å². The molecule has 136 valence electrons. The molecule has 1 amide bonds. The van der Waals surface area contributed by atoms with Crippen molar-refractivity contribution in [2.75, 3.05) is 19.6 Å². The van der Waals surface area contributed by atoms with Gasteiger partial charge in [0.15, 0.2) is 0 Å². The van der Waals surface area contributed by atoms with Crippen LogP contribution in [-0.4, -0.2) is 53.9 Å². The third-order valence-corrected chi connectivity index (χ3v) is 4.16. The lowest BCUT2D eigenvalue weighted by Crippen LogP contribution is -2.53. The zero-order valence-electron chi connectivity index (χ0n) is 16.2. The molecule has 1 unspecified atom stereocenters. The summed E-state index contributed by atoms with van der Waals surface area (Å²) in [6.45, 7) is 17.3. The zero-order chi connectivity index (χ0) is 17.7. The fraction of sp³-hybridized carbons (Fsp3) is 0.944. The van der Waals surface area contributed by atoms with E-state index in [9.17, 15) is 4.79 Å². The van der Waals surface area contributed by atoms with Crippen molar-refractivity contribution < 1.29 is 9.53 Å². The lowest BCUT2D eigenvalue weighted by atomic mass is 10.0. The largest absolute Gasteiger partial charge is 0.444 e. The Labute approximate surface area is 142 Å². The average Bonchev–Trinajstić information content (AvgIpc) is 2.58. The van der Waals surface area contributed by atoms with Crippen LogP contribution < -0.4 is 10.6 Å². The summed E-state index contributed by atoms with van der Waals surface area (Å²) in [5.41, 5.74) is -0.790. The van der Waals surface area contributed by atoms with Gasteiger partial charge in [-0.1, -0.05) is 0 Å². The molecule has 5 nitrogen and oxygen atoms in total. The van der Waals surface area contributed by atoms with Crippen LogP contribution in [0.4, 0.5) is 4.79 Å². The molecule has 0 radical (unpaired) electrons. The monoisotopic (exact) mass is 327 g/mol. The molecular weight excluding hydrogens is 290 g/mol. The molecule has 1 rings (SSSR count). The maximum Gasteiger partial charge on any atom is 0.408 e. The highest BCUT2D eigenvalue weighted by Gasteiger charge is 2.26. The summed E-state index contributed by atoms with van der Waals surface area (Å²) in [6, 6.07) is 1.15. The first kappa shape index (κ1) is 20.2. The molecule has 0 aromatic carbocycles. The third-order valence-electron chi connectivity index (χ3n) is 4.16. The Kier molecular flexibility index (Phi) is 7.33. The predicted octanol–water partition coefficient (Wildman–Crippen LogP) is 3.14. The average molecular weight is 328 g/mol. The predicted molar refractivity (Wildman–Crippen MR) is 95.8 cm³/mol. The maximum atomic E-state index is 11.9. The van der Waals surface area contributed by atoms with E-state index in [4.69, 9.17) is 4.74 Å². The minimum Gasteiger partial charge on any atom is -0.444 e. The molecule has 1 fully saturated rings. The van der Waals surface area contributed by atoms with Gasteiger partial charge in [-0.25, -0.2) is 4.79 Å². The Morgan fingerprint density at radius 3 is 2.39 bits per heavy atom. The third kappa shape index (κ3) is 8.56. The lowest BCUT2D eigenvalue weighted by Gasteiger charge is -2.30. The van der Waals surface area contributed by atoms with Gasteiger partial charge in [-0.05, 0) is 80.8 Å². The molecule has 0 spiro atoms. The molecule has 1 aliphatic rings. The summed E-state index contributed by atoms with van der Waals surface area (Å²) in [7, 11) is 0. The first-order valence-electron chi connectivity index (χ1n) is 8.97. The number of hydrogen-bond acceptors (Lipinski definition) is 4. The van der Waals surface area contributed by atoms with Gasteiger partial charge in [0.05, 0.1) is 5.54 Å². The number of rotatable bonds is 5. The van der Waals surface area contributed by atoms with E-state index < -0.39 is 5.60 Å². The fourth-order valence-electron chi connectivity index (χ4n) is 2.86. The summed E-state index contributed by atoms with van der Waals surface area (Å²) in [5.74, 6) is 0. The number of alkyl carbamates (subject to hydrolysis) is 1. The van der Waals surface area contributed by atoms with Crippen molar-refractivity contribution >= 4 is 6.09 Å². The van der Waals surface area contributed by atoms with Gasteiger partial charge in [0.25, 0.3) is 0 Å². The normalized spacial score (nSPS) is 21.1. The van der Waals surface area contributed by atoms with Crippen LogP contribution in [0.3, 0.4) is 0 Å². The molecule has 5 heteroatoms. The van der Waals surface area contributed by atoms with Crippen LogP contribution in [0, 0.1) is 0 Å². The summed E-state index contributed by atoms with van der Waals surface area (Å²) in [6.07, 6.45) is 3.25. The van der Waals surface area contributed by atoms with Crippen LogP contribution in [0.1, 0.15) is 67.7 Å². The summed E-state index contributed by atoms with van der Waals surface area (Å²) in [5, 5.41) is 6.59. The molecule has 1 atom stereocenters. The minimum atomic E-state index is -0.463. The number of likely N-dealkylation sites (tertiary alicyclic amines) is 1. The second-order valence-electron chi connectivity index (χ2n) is 8.65. The smallest absolute Gasteiger partial charge is 0.408 e. The second kappa shape index (κ2) is 8.34. The molecule has 0 aromatic heterocycles. The molecule has 1 saturated heterocycles.